The molecule has 5 nitrogen and oxygen atoms in total. The molecule has 2 rings (SSSR count). The standard InChI is InChI=1S/C12H19N3O2.ClH/c1-3-10-11(8(2)14-17-10)12(16)15-6-4-5-9(13)7-15;/h9H,3-7,13H2,1-2H3;1H. The Hall–Kier alpha value is -1.07. The van der Waals surface area contributed by atoms with E-state index < -0.39 is 0 Å². The molecule has 1 atom stereocenters. The fraction of sp³-hybridized carbons (Fsp3) is 0.667. The number of carbonyl (C=O) groups excluding carboxylic acids is 1. The van der Waals surface area contributed by atoms with E-state index in [2.05, 4.69) is 5.16 Å². The number of hydrogen-bond donors (Lipinski definition) is 1. The van der Waals surface area contributed by atoms with Crippen LogP contribution in [0.5, 0.6) is 0 Å². The summed E-state index contributed by atoms with van der Waals surface area (Å²) >= 11 is 0. The van der Waals surface area contributed by atoms with Crippen LogP contribution in [0.15, 0.2) is 4.52 Å². The predicted octanol–water partition coefficient (Wildman–Crippen LogP) is 1.53. The van der Waals surface area contributed by atoms with Gasteiger partial charge in [-0.05, 0) is 19.8 Å². The van der Waals surface area contributed by atoms with E-state index in [-0.39, 0.29) is 24.4 Å². The van der Waals surface area contributed by atoms with Crippen molar-refractivity contribution in [2.45, 2.75) is 39.2 Å². The summed E-state index contributed by atoms with van der Waals surface area (Å²) in [4.78, 5) is 14.2. The molecule has 2 heterocycles. The third-order valence-electron chi connectivity index (χ3n) is 3.21. The number of aryl methyl sites for hydroxylation is 2. The molecule has 2 N–H and O–H groups in total. The molecule has 1 aliphatic rings. The van der Waals surface area contributed by atoms with Gasteiger partial charge in [0.1, 0.15) is 11.3 Å². The maximum Gasteiger partial charge on any atom is 0.259 e. The molecule has 0 aliphatic carbocycles. The molecule has 1 amide bonds. The van der Waals surface area contributed by atoms with Crippen LogP contribution in [0.3, 0.4) is 0 Å². The fourth-order valence-electron chi connectivity index (χ4n) is 2.28. The molecular weight excluding hydrogens is 254 g/mol. The summed E-state index contributed by atoms with van der Waals surface area (Å²) in [6.07, 6.45) is 2.65. The summed E-state index contributed by atoms with van der Waals surface area (Å²) in [6, 6.07) is 0.0953. The zero-order chi connectivity index (χ0) is 12.4. The monoisotopic (exact) mass is 273 g/mol. The van der Waals surface area contributed by atoms with Crippen LogP contribution in [0.4, 0.5) is 0 Å². The van der Waals surface area contributed by atoms with Crippen molar-refractivity contribution in [1.82, 2.24) is 10.1 Å². The first-order chi connectivity index (χ1) is 8.13. The molecule has 18 heavy (non-hydrogen) atoms. The third kappa shape index (κ3) is 2.84. The molecule has 0 bridgehead atoms. The van der Waals surface area contributed by atoms with Crippen LogP contribution in [0.25, 0.3) is 0 Å². The molecule has 102 valence electrons. The molecular formula is C12H20ClN3O2. The van der Waals surface area contributed by atoms with Crippen LogP contribution in [0.2, 0.25) is 0 Å². The SMILES string of the molecule is CCc1onc(C)c1C(=O)N1CCCC(N)C1.Cl. The predicted molar refractivity (Wildman–Crippen MR) is 71.0 cm³/mol. The number of halogens is 1. The lowest BCUT2D eigenvalue weighted by atomic mass is 10.0. The maximum atomic E-state index is 12.4. The molecule has 0 radical (unpaired) electrons. The quantitative estimate of drug-likeness (QED) is 0.887. The lowest BCUT2D eigenvalue weighted by Gasteiger charge is -2.30. The average Bonchev–Trinajstić information content (AvgIpc) is 2.69. The van der Waals surface area contributed by atoms with E-state index in [0.717, 1.165) is 19.4 Å². The van der Waals surface area contributed by atoms with Crippen molar-refractivity contribution >= 4 is 18.3 Å². The Morgan fingerprint density at radius 3 is 2.94 bits per heavy atom. The highest BCUT2D eigenvalue weighted by Crippen LogP contribution is 2.19. The first-order valence-corrected chi connectivity index (χ1v) is 6.13. The Kier molecular flexibility index (Phi) is 5.16. The lowest BCUT2D eigenvalue weighted by Crippen LogP contribution is -2.46. The van der Waals surface area contributed by atoms with Crippen LogP contribution >= 0.6 is 12.4 Å². The van der Waals surface area contributed by atoms with Gasteiger partial charge in [-0.1, -0.05) is 12.1 Å². The Balaban J connectivity index is 0.00000162. The van der Waals surface area contributed by atoms with Gasteiger partial charge in [0.05, 0.1) is 5.69 Å². The molecule has 1 aliphatic heterocycles. The van der Waals surface area contributed by atoms with Crippen molar-refractivity contribution in [3.8, 4) is 0 Å². The van der Waals surface area contributed by atoms with Crippen LogP contribution < -0.4 is 5.73 Å². The number of likely N-dealkylation sites (tertiary alicyclic amines) is 1. The topological polar surface area (TPSA) is 72.4 Å². The van der Waals surface area contributed by atoms with Crippen molar-refractivity contribution in [1.29, 1.82) is 0 Å². The van der Waals surface area contributed by atoms with Gasteiger partial charge in [-0.3, -0.25) is 4.79 Å². The molecule has 1 unspecified atom stereocenters. The van der Waals surface area contributed by atoms with Crippen LogP contribution in [0, 0.1) is 6.92 Å². The van der Waals surface area contributed by atoms with E-state index in [0.29, 0.717) is 30.0 Å². The highest BCUT2D eigenvalue weighted by molar-refractivity contribution is 5.96. The second-order valence-electron chi connectivity index (χ2n) is 4.57. The van der Waals surface area contributed by atoms with Crippen molar-refractivity contribution < 1.29 is 9.32 Å². The van der Waals surface area contributed by atoms with Crippen molar-refractivity contribution in [2.24, 2.45) is 5.73 Å². The molecule has 0 saturated carbocycles. The lowest BCUT2D eigenvalue weighted by molar-refractivity contribution is 0.0706. The minimum absolute atomic E-state index is 0. The zero-order valence-corrected chi connectivity index (χ0v) is 11.6. The first kappa shape index (κ1) is 15.0. The van der Waals surface area contributed by atoms with E-state index in [9.17, 15) is 4.79 Å². The van der Waals surface area contributed by atoms with Gasteiger partial charge < -0.3 is 15.2 Å². The van der Waals surface area contributed by atoms with Crippen LogP contribution in [-0.2, 0) is 6.42 Å². The molecule has 0 aromatic carbocycles. The molecule has 1 aromatic heterocycles. The van der Waals surface area contributed by atoms with Gasteiger partial charge in [-0.2, -0.15) is 0 Å². The van der Waals surface area contributed by atoms with E-state index in [1.165, 1.54) is 0 Å². The number of nitrogens with two attached hydrogens (primary N) is 1. The van der Waals surface area contributed by atoms with Crippen molar-refractivity contribution in [2.75, 3.05) is 13.1 Å². The second-order valence-corrected chi connectivity index (χ2v) is 4.57. The Morgan fingerprint density at radius 2 is 2.33 bits per heavy atom. The fourth-order valence-corrected chi connectivity index (χ4v) is 2.28. The molecule has 1 saturated heterocycles. The molecule has 1 fully saturated rings. The molecule has 6 heteroatoms. The van der Waals surface area contributed by atoms with Crippen molar-refractivity contribution in [3.63, 3.8) is 0 Å². The van der Waals surface area contributed by atoms with Gasteiger partial charge in [0, 0.05) is 25.6 Å². The first-order valence-electron chi connectivity index (χ1n) is 6.13. The Morgan fingerprint density at radius 1 is 1.61 bits per heavy atom. The van der Waals surface area contributed by atoms with E-state index in [4.69, 9.17) is 10.3 Å². The largest absolute Gasteiger partial charge is 0.360 e. The Bertz CT molecular complexity index is 419. The maximum absolute atomic E-state index is 12.4. The number of nitrogens with zero attached hydrogens (tertiary/aromatic N) is 2. The number of piperidine rings is 1. The van der Waals surface area contributed by atoms with Gasteiger partial charge in [-0.15, -0.1) is 12.4 Å². The highest BCUT2D eigenvalue weighted by Gasteiger charge is 2.27. The summed E-state index contributed by atoms with van der Waals surface area (Å²) < 4.78 is 5.15. The van der Waals surface area contributed by atoms with Gasteiger partial charge in [0.2, 0.25) is 0 Å². The normalized spacial score (nSPS) is 19.5. The summed E-state index contributed by atoms with van der Waals surface area (Å²) in [5.41, 5.74) is 7.19. The molecule has 0 spiro atoms. The second kappa shape index (κ2) is 6.20. The van der Waals surface area contributed by atoms with Gasteiger partial charge >= 0.3 is 0 Å². The highest BCUT2D eigenvalue weighted by atomic mass is 35.5. The minimum Gasteiger partial charge on any atom is -0.360 e. The summed E-state index contributed by atoms with van der Waals surface area (Å²) in [5.74, 6) is 0.683. The third-order valence-corrected chi connectivity index (χ3v) is 3.21. The van der Waals surface area contributed by atoms with Gasteiger partial charge in [-0.25, -0.2) is 0 Å². The van der Waals surface area contributed by atoms with E-state index >= 15 is 0 Å². The van der Waals surface area contributed by atoms with Gasteiger partial charge in [0.15, 0.2) is 0 Å². The summed E-state index contributed by atoms with van der Waals surface area (Å²) in [6.45, 7) is 5.17. The molecule has 1 aromatic rings. The number of rotatable bonds is 2. The zero-order valence-electron chi connectivity index (χ0n) is 10.8. The van der Waals surface area contributed by atoms with Gasteiger partial charge in [0.25, 0.3) is 5.91 Å². The van der Waals surface area contributed by atoms with Crippen LogP contribution in [-0.4, -0.2) is 35.1 Å². The average molecular weight is 274 g/mol. The van der Waals surface area contributed by atoms with E-state index in [1.54, 1.807) is 6.92 Å². The van der Waals surface area contributed by atoms with Crippen molar-refractivity contribution in [3.05, 3.63) is 17.0 Å². The van der Waals surface area contributed by atoms with Crippen LogP contribution in [0.1, 0.15) is 41.6 Å². The smallest absolute Gasteiger partial charge is 0.259 e. The Labute approximate surface area is 113 Å². The summed E-state index contributed by atoms with van der Waals surface area (Å²) in [5, 5.41) is 3.87. The van der Waals surface area contributed by atoms with E-state index in [1.807, 2.05) is 11.8 Å². The number of aromatic nitrogens is 1. The minimum atomic E-state index is 0. The summed E-state index contributed by atoms with van der Waals surface area (Å²) in [7, 11) is 0. The number of hydrogen-bond acceptors (Lipinski definition) is 4. The number of amides is 1. The number of carbonyl (C=O) groups is 1.